The van der Waals surface area contributed by atoms with Gasteiger partial charge >= 0.3 is 12.0 Å². The highest BCUT2D eigenvalue weighted by Gasteiger charge is 2.27. The molecule has 2 aromatic carbocycles. The summed E-state index contributed by atoms with van der Waals surface area (Å²) in [5.41, 5.74) is 3.06. The first-order chi connectivity index (χ1) is 12.7. The van der Waals surface area contributed by atoms with E-state index in [1.807, 2.05) is 75.4 Å². The molecule has 0 saturated carbocycles. The number of carbonyl (C=O) groups excluding carboxylic acids is 1. The van der Waals surface area contributed by atoms with E-state index in [1.165, 1.54) is 4.90 Å². The standard InChI is InChI=1S/C22H26N2O3/c1-16(2)18-11-8-12-19(13-18)22(3,4)23-21(27)24(15-20(25)26)14-17-9-6-5-7-10-17/h5-13H,1,14-15H2,2-4H3,(H,23,27)(H,25,26). The number of carbonyl (C=O) groups is 2. The van der Waals surface area contributed by atoms with Gasteiger partial charge < -0.3 is 15.3 Å². The molecule has 0 bridgehead atoms. The molecule has 27 heavy (non-hydrogen) atoms. The summed E-state index contributed by atoms with van der Waals surface area (Å²) in [6.07, 6.45) is 0. The molecule has 0 fully saturated rings. The third kappa shape index (κ3) is 5.71. The number of nitrogens with one attached hydrogen (secondary N) is 1. The number of hydrogen-bond acceptors (Lipinski definition) is 2. The molecular weight excluding hydrogens is 340 g/mol. The first kappa shape index (κ1) is 20.2. The molecule has 0 aliphatic rings. The average Bonchev–Trinajstić information content (AvgIpc) is 2.61. The van der Waals surface area contributed by atoms with Gasteiger partial charge in [0, 0.05) is 6.54 Å². The molecule has 0 unspecified atom stereocenters. The van der Waals surface area contributed by atoms with Crippen molar-refractivity contribution in [2.24, 2.45) is 0 Å². The van der Waals surface area contributed by atoms with Crippen molar-refractivity contribution in [3.63, 3.8) is 0 Å². The molecule has 142 valence electrons. The van der Waals surface area contributed by atoms with Gasteiger partial charge in [-0.1, -0.05) is 60.7 Å². The van der Waals surface area contributed by atoms with Crippen molar-refractivity contribution in [1.82, 2.24) is 10.2 Å². The lowest BCUT2D eigenvalue weighted by molar-refractivity contribution is -0.137. The third-order valence-electron chi connectivity index (χ3n) is 4.33. The van der Waals surface area contributed by atoms with Crippen molar-refractivity contribution in [1.29, 1.82) is 0 Å². The predicted octanol–water partition coefficient (Wildman–Crippen LogP) is 4.25. The van der Waals surface area contributed by atoms with Crippen LogP contribution < -0.4 is 5.32 Å². The summed E-state index contributed by atoms with van der Waals surface area (Å²) in [5.74, 6) is -1.05. The number of benzene rings is 2. The Bertz CT molecular complexity index is 828. The number of nitrogens with zero attached hydrogens (tertiary/aromatic N) is 1. The van der Waals surface area contributed by atoms with Crippen LogP contribution in [0.5, 0.6) is 0 Å². The predicted molar refractivity (Wildman–Crippen MR) is 107 cm³/mol. The van der Waals surface area contributed by atoms with Crippen LogP contribution in [0.2, 0.25) is 0 Å². The summed E-state index contributed by atoms with van der Waals surface area (Å²) in [4.78, 5) is 25.3. The lowest BCUT2D eigenvalue weighted by Crippen LogP contribution is -2.49. The Morgan fingerprint density at radius 1 is 1.11 bits per heavy atom. The molecule has 0 aliphatic heterocycles. The molecule has 2 aromatic rings. The highest BCUT2D eigenvalue weighted by atomic mass is 16.4. The zero-order valence-corrected chi connectivity index (χ0v) is 16.0. The molecule has 2 rings (SSSR count). The smallest absolute Gasteiger partial charge is 0.323 e. The summed E-state index contributed by atoms with van der Waals surface area (Å²) >= 11 is 0. The third-order valence-corrected chi connectivity index (χ3v) is 4.33. The average molecular weight is 366 g/mol. The second-order valence-electron chi connectivity index (χ2n) is 7.15. The highest BCUT2D eigenvalue weighted by molar-refractivity contribution is 5.80. The molecule has 0 aromatic heterocycles. The summed E-state index contributed by atoms with van der Waals surface area (Å²) in [6.45, 7) is 9.52. The Labute approximate surface area is 160 Å². The van der Waals surface area contributed by atoms with Gasteiger partial charge in [0.2, 0.25) is 0 Å². The lowest BCUT2D eigenvalue weighted by atomic mass is 9.92. The van der Waals surface area contributed by atoms with Crippen LogP contribution in [-0.4, -0.2) is 28.6 Å². The van der Waals surface area contributed by atoms with Crippen LogP contribution >= 0.6 is 0 Å². The molecular formula is C22H26N2O3. The van der Waals surface area contributed by atoms with Gasteiger partial charge in [-0.15, -0.1) is 0 Å². The van der Waals surface area contributed by atoms with Gasteiger partial charge in [-0.25, -0.2) is 4.79 Å². The van der Waals surface area contributed by atoms with E-state index in [0.29, 0.717) is 0 Å². The number of carboxylic acids is 1. The van der Waals surface area contributed by atoms with Crippen LogP contribution in [0.15, 0.2) is 61.2 Å². The molecule has 5 heteroatoms. The Kier molecular flexibility index (Phi) is 6.40. The van der Waals surface area contributed by atoms with E-state index in [-0.39, 0.29) is 13.1 Å². The van der Waals surface area contributed by atoms with E-state index in [9.17, 15) is 14.7 Å². The van der Waals surface area contributed by atoms with Gasteiger partial charge in [-0.05, 0) is 43.5 Å². The van der Waals surface area contributed by atoms with E-state index in [1.54, 1.807) is 0 Å². The van der Waals surface area contributed by atoms with Gasteiger partial charge in [0.15, 0.2) is 0 Å². The SMILES string of the molecule is C=C(C)c1cccc(C(C)(C)NC(=O)N(CC(=O)O)Cc2ccccc2)c1. The van der Waals surface area contributed by atoms with Crippen LogP contribution in [0.3, 0.4) is 0 Å². The number of amides is 2. The zero-order valence-electron chi connectivity index (χ0n) is 16.0. The normalized spacial score (nSPS) is 10.9. The molecule has 0 atom stereocenters. The first-order valence-corrected chi connectivity index (χ1v) is 8.78. The maximum absolute atomic E-state index is 12.8. The van der Waals surface area contributed by atoms with Crippen LogP contribution in [-0.2, 0) is 16.9 Å². The molecule has 2 N–H and O–H groups in total. The minimum atomic E-state index is -1.05. The van der Waals surface area contributed by atoms with Gasteiger partial charge in [0.25, 0.3) is 0 Å². The van der Waals surface area contributed by atoms with Crippen molar-refractivity contribution in [3.8, 4) is 0 Å². The van der Waals surface area contributed by atoms with Gasteiger partial charge in [0.05, 0.1) is 5.54 Å². The number of rotatable bonds is 7. The maximum atomic E-state index is 12.8. The topological polar surface area (TPSA) is 69.6 Å². The van der Waals surface area contributed by atoms with Crippen LogP contribution in [0.25, 0.3) is 5.57 Å². The lowest BCUT2D eigenvalue weighted by Gasteiger charge is -2.31. The van der Waals surface area contributed by atoms with Gasteiger partial charge in [-0.2, -0.15) is 0 Å². The second kappa shape index (κ2) is 8.54. The Morgan fingerprint density at radius 2 is 1.78 bits per heavy atom. The molecule has 0 radical (unpaired) electrons. The fraction of sp³-hybridized carbons (Fsp3) is 0.273. The second-order valence-corrected chi connectivity index (χ2v) is 7.15. The first-order valence-electron chi connectivity index (χ1n) is 8.78. The number of carboxylic acid groups (broad SMARTS) is 1. The molecule has 0 spiro atoms. The monoisotopic (exact) mass is 366 g/mol. The van der Waals surface area contributed by atoms with Crippen molar-refractivity contribution in [3.05, 3.63) is 77.9 Å². The van der Waals surface area contributed by atoms with E-state index in [4.69, 9.17) is 0 Å². The number of allylic oxidation sites excluding steroid dienone is 1. The Hall–Kier alpha value is -3.08. The molecule has 0 saturated heterocycles. The van der Waals surface area contributed by atoms with Gasteiger partial charge in [0.1, 0.15) is 6.54 Å². The molecule has 5 nitrogen and oxygen atoms in total. The summed E-state index contributed by atoms with van der Waals surface area (Å²) < 4.78 is 0. The fourth-order valence-corrected chi connectivity index (χ4v) is 2.76. The summed E-state index contributed by atoms with van der Waals surface area (Å²) in [6, 6.07) is 16.7. The van der Waals surface area contributed by atoms with Crippen LogP contribution in [0.4, 0.5) is 4.79 Å². The van der Waals surface area contributed by atoms with Gasteiger partial charge in [-0.3, -0.25) is 4.79 Å². The van der Waals surface area contributed by atoms with Crippen molar-refractivity contribution in [2.45, 2.75) is 32.9 Å². The van der Waals surface area contributed by atoms with E-state index < -0.39 is 17.5 Å². The molecule has 2 amide bonds. The summed E-state index contributed by atoms with van der Waals surface area (Å²) in [5, 5.41) is 12.2. The van der Waals surface area contributed by atoms with E-state index >= 15 is 0 Å². The number of hydrogen-bond donors (Lipinski definition) is 2. The minimum Gasteiger partial charge on any atom is -0.480 e. The Balaban J connectivity index is 2.20. The largest absolute Gasteiger partial charge is 0.480 e. The van der Waals surface area contributed by atoms with Crippen LogP contribution in [0.1, 0.15) is 37.5 Å². The molecule has 0 aliphatic carbocycles. The zero-order chi connectivity index (χ0) is 20.0. The molecule has 0 heterocycles. The van der Waals surface area contributed by atoms with Crippen LogP contribution in [0, 0.1) is 0 Å². The van der Waals surface area contributed by atoms with Crippen molar-refractivity contribution < 1.29 is 14.7 Å². The fourth-order valence-electron chi connectivity index (χ4n) is 2.76. The van der Waals surface area contributed by atoms with E-state index in [2.05, 4.69) is 11.9 Å². The minimum absolute atomic E-state index is 0.223. The highest BCUT2D eigenvalue weighted by Crippen LogP contribution is 2.24. The number of urea groups is 1. The Morgan fingerprint density at radius 3 is 2.37 bits per heavy atom. The number of aliphatic carboxylic acids is 1. The van der Waals surface area contributed by atoms with Crippen molar-refractivity contribution in [2.75, 3.05) is 6.54 Å². The van der Waals surface area contributed by atoms with E-state index in [0.717, 1.165) is 22.3 Å². The quantitative estimate of drug-likeness (QED) is 0.769. The maximum Gasteiger partial charge on any atom is 0.323 e. The van der Waals surface area contributed by atoms with Crippen molar-refractivity contribution >= 4 is 17.6 Å². The summed E-state index contributed by atoms with van der Waals surface area (Å²) in [7, 11) is 0.